The van der Waals surface area contributed by atoms with E-state index in [1.165, 1.54) is 11.6 Å². The van der Waals surface area contributed by atoms with Crippen LogP contribution in [0.3, 0.4) is 0 Å². The van der Waals surface area contributed by atoms with Gasteiger partial charge in [0.15, 0.2) is 0 Å². The summed E-state index contributed by atoms with van der Waals surface area (Å²) in [5, 5.41) is 0. The zero-order chi connectivity index (χ0) is 18.4. The molecular formula is C21H24F2N2O. The third-order valence-corrected chi connectivity index (χ3v) is 4.82. The zero-order valence-electron chi connectivity index (χ0n) is 14.8. The van der Waals surface area contributed by atoms with E-state index in [1.54, 1.807) is 4.90 Å². The fourth-order valence-electron chi connectivity index (χ4n) is 3.38. The second-order valence-corrected chi connectivity index (χ2v) is 6.70. The van der Waals surface area contributed by atoms with Crippen molar-refractivity contribution in [1.82, 2.24) is 9.80 Å². The van der Waals surface area contributed by atoms with Crippen LogP contribution in [0.4, 0.5) is 8.78 Å². The molecule has 0 saturated carbocycles. The topological polar surface area (TPSA) is 23.6 Å². The minimum atomic E-state index is -0.793. The Kier molecular flexibility index (Phi) is 6.34. The van der Waals surface area contributed by atoms with Crippen LogP contribution < -0.4 is 0 Å². The Morgan fingerprint density at radius 2 is 1.77 bits per heavy atom. The van der Waals surface area contributed by atoms with Crippen molar-refractivity contribution >= 4 is 5.91 Å². The van der Waals surface area contributed by atoms with Gasteiger partial charge in [0.1, 0.15) is 11.6 Å². The second kappa shape index (κ2) is 8.90. The van der Waals surface area contributed by atoms with E-state index < -0.39 is 11.6 Å². The van der Waals surface area contributed by atoms with E-state index in [9.17, 15) is 13.6 Å². The standard InChI is InChI=1S/C21H24F2N2O/c22-18-9-10-19(20(23)16-18)21(26)25-13-5-12-24(14-15-25)11-4-8-17-6-2-1-3-7-17/h1-3,6-7,9-10,16H,4-5,8,11-15H2. The van der Waals surface area contributed by atoms with Gasteiger partial charge in [-0.15, -0.1) is 0 Å². The number of carbonyl (C=O) groups excluding carboxylic acids is 1. The lowest BCUT2D eigenvalue weighted by atomic mass is 10.1. The molecule has 0 radical (unpaired) electrons. The van der Waals surface area contributed by atoms with E-state index in [2.05, 4.69) is 29.2 Å². The molecule has 26 heavy (non-hydrogen) atoms. The van der Waals surface area contributed by atoms with Crippen molar-refractivity contribution < 1.29 is 13.6 Å². The lowest BCUT2D eigenvalue weighted by Gasteiger charge is -2.22. The largest absolute Gasteiger partial charge is 0.337 e. The molecule has 1 fully saturated rings. The van der Waals surface area contributed by atoms with Crippen molar-refractivity contribution in [2.45, 2.75) is 19.3 Å². The van der Waals surface area contributed by atoms with E-state index in [4.69, 9.17) is 0 Å². The first-order valence-electron chi connectivity index (χ1n) is 9.14. The van der Waals surface area contributed by atoms with Crippen LogP contribution in [-0.4, -0.2) is 48.4 Å². The summed E-state index contributed by atoms with van der Waals surface area (Å²) in [6.07, 6.45) is 2.98. The van der Waals surface area contributed by atoms with Gasteiger partial charge in [0.25, 0.3) is 5.91 Å². The quantitative estimate of drug-likeness (QED) is 0.813. The molecule has 2 aromatic rings. The Labute approximate surface area is 153 Å². The molecule has 1 aliphatic heterocycles. The summed E-state index contributed by atoms with van der Waals surface area (Å²) in [5.74, 6) is -1.81. The molecule has 3 rings (SSSR count). The minimum absolute atomic E-state index is 0.0519. The minimum Gasteiger partial charge on any atom is -0.337 e. The highest BCUT2D eigenvalue weighted by Crippen LogP contribution is 2.14. The second-order valence-electron chi connectivity index (χ2n) is 6.70. The molecule has 3 nitrogen and oxygen atoms in total. The van der Waals surface area contributed by atoms with Crippen LogP contribution in [0, 0.1) is 11.6 Å². The molecule has 0 aromatic heterocycles. The van der Waals surface area contributed by atoms with Crippen LogP contribution in [0.2, 0.25) is 0 Å². The van der Waals surface area contributed by atoms with Gasteiger partial charge in [-0.3, -0.25) is 4.79 Å². The first-order valence-corrected chi connectivity index (χ1v) is 9.14. The molecular weight excluding hydrogens is 334 g/mol. The first kappa shape index (κ1) is 18.5. The van der Waals surface area contributed by atoms with E-state index >= 15 is 0 Å². The van der Waals surface area contributed by atoms with Crippen LogP contribution in [0.1, 0.15) is 28.8 Å². The van der Waals surface area contributed by atoms with Gasteiger partial charge >= 0.3 is 0 Å². The van der Waals surface area contributed by atoms with Gasteiger partial charge in [-0.05, 0) is 50.0 Å². The maximum Gasteiger partial charge on any atom is 0.256 e. The van der Waals surface area contributed by atoms with Crippen molar-refractivity contribution in [2.24, 2.45) is 0 Å². The van der Waals surface area contributed by atoms with Crippen molar-refractivity contribution in [2.75, 3.05) is 32.7 Å². The first-order chi connectivity index (χ1) is 12.6. The predicted octanol–water partition coefficient (Wildman–Crippen LogP) is 3.75. The van der Waals surface area contributed by atoms with Gasteiger partial charge in [0.05, 0.1) is 5.56 Å². The van der Waals surface area contributed by atoms with Gasteiger partial charge in [-0.25, -0.2) is 8.78 Å². The predicted molar refractivity (Wildman–Crippen MR) is 98.1 cm³/mol. The van der Waals surface area contributed by atoms with Crippen molar-refractivity contribution in [3.05, 3.63) is 71.3 Å². The van der Waals surface area contributed by atoms with Crippen LogP contribution in [0.25, 0.3) is 0 Å². The summed E-state index contributed by atoms with van der Waals surface area (Å²) in [6.45, 7) is 3.88. The van der Waals surface area contributed by atoms with Gasteiger partial charge in [-0.1, -0.05) is 30.3 Å². The molecule has 1 amide bonds. The molecule has 0 unspecified atom stereocenters. The molecule has 1 saturated heterocycles. The number of rotatable bonds is 5. The molecule has 138 valence electrons. The molecule has 1 aliphatic rings. The van der Waals surface area contributed by atoms with E-state index in [-0.39, 0.29) is 11.5 Å². The fourth-order valence-corrected chi connectivity index (χ4v) is 3.38. The van der Waals surface area contributed by atoms with E-state index in [1.807, 2.05) is 6.07 Å². The number of hydrogen-bond donors (Lipinski definition) is 0. The summed E-state index contributed by atoms with van der Waals surface area (Å²) >= 11 is 0. The third kappa shape index (κ3) is 4.88. The molecule has 1 heterocycles. The molecule has 2 aromatic carbocycles. The number of halogens is 2. The summed E-state index contributed by atoms with van der Waals surface area (Å²) < 4.78 is 26.9. The fraction of sp³-hybridized carbons (Fsp3) is 0.381. The Hall–Kier alpha value is -2.27. The average molecular weight is 358 g/mol. The van der Waals surface area contributed by atoms with Crippen LogP contribution in [0.15, 0.2) is 48.5 Å². The van der Waals surface area contributed by atoms with Crippen LogP contribution in [0.5, 0.6) is 0 Å². The monoisotopic (exact) mass is 358 g/mol. The van der Waals surface area contributed by atoms with Crippen molar-refractivity contribution in [3.8, 4) is 0 Å². The Morgan fingerprint density at radius 1 is 0.962 bits per heavy atom. The molecule has 0 atom stereocenters. The van der Waals surface area contributed by atoms with Gasteiger partial charge < -0.3 is 9.80 Å². The summed E-state index contributed by atoms with van der Waals surface area (Å²) in [4.78, 5) is 16.6. The number of nitrogens with zero attached hydrogens (tertiary/aromatic N) is 2. The highest BCUT2D eigenvalue weighted by atomic mass is 19.1. The zero-order valence-corrected chi connectivity index (χ0v) is 14.8. The SMILES string of the molecule is O=C(c1ccc(F)cc1F)N1CCCN(CCCc2ccccc2)CC1. The summed E-state index contributed by atoms with van der Waals surface area (Å²) in [5.41, 5.74) is 1.29. The third-order valence-electron chi connectivity index (χ3n) is 4.82. The summed E-state index contributed by atoms with van der Waals surface area (Å²) in [7, 11) is 0. The Bertz CT molecular complexity index is 736. The van der Waals surface area contributed by atoms with Crippen LogP contribution in [-0.2, 0) is 6.42 Å². The highest BCUT2D eigenvalue weighted by Gasteiger charge is 2.22. The number of aryl methyl sites for hydroxylation is 1. The van der Waals surface area contributed by atoms with Crippen molar-refractivity contribution in [1.29, 1.82) is 0 Å². The normalized spacial score (nSPS) is 15.7. The molecule has 0 spiro atoms. The Balaban J connectivity index is 1.50. The summed E-state index contributed by atoms with van der Waals surface area (Å²) in [6, 6.07) is 13.5. The maximum absolute atomic E-state index is 13.9. The molecule has 0 N–H and O–H groups in total. The number of carbonyl (C=O) groups is 1. The van der Waals surface area contributed by atoms with Gasteiger partial charge in [-0.2, -0.15) is 0 Å². The lowest BCUT2D eigenvalue weighted by molar-refractivity contribution is 0.0756. The van der Waals surface area contributed by atoms with Gasteiger partial charge in [0.2, 0.25) is 0 Å². The number of hydrogen-bond acceptors (Lipinski definition) is 2. The average Bonchev–Trinajstić information content (AvgIpc) is 2.88. The number of amides is 1. The van der Waals surface area contributed by atoms with Crippen molar-refractivity contribution in [3.63, 3.8) is 0 Å². The maximum atomic E-state index is 13.9. The smallest absolute Gasteiger partial charge is 0.256 e. The highest BCUT2D eigenvalue weighted by molar-refractivity contribution is 5.94. The van der Waals surface area contributed by atoms with E-state index in [0.29, 0.717) is 13.1 Å². The van der Waals surface area contributed by atoms with Crippen LogP contribution >= 0.6 is 0 Å². The molecule has 0 aliphatic carbocycles. The molecule has 0 bridgehead atoms. The number of benzene rings is 2. The Morgan fingerprint density at radius 3 is 2.54 bits per heavy atom. The molecule has 5 heteroatoms. The van der Waals surface area contributed by atoms with Gasteiger partial charge in [0, 0.05) is 25.7 Å². The lowest BCUT2D eigenvalue weighted by Crippen LogP contribution is -2.36. The van der Waals surface area contributed by atoms with E-state index in [0.717, 1.165) is 51.0 Å².